The first kappa shape index (κ1) is 13.1. The zero-order valence-electron chi connectivity index (χ0n) is 11.2. The Morgan fingerprint density at radius 1 is 1.50 bits per heavy atom. The van der Waals surface area contributed by atoms with E-state index in [0.29, 0.717) is 0 Å². The minimum atomic E-state index is -0.0941. The maximum absolute atomic E-state index is 12.0. The van der Waals surface area contributed by atoms with Gasteiger partial charge in [-0.25, -0.2) is 4.98 Å². The minimum absolute atomic E-state index is 0.0941. The van der Waals surface area contributed by atoms with Crippen molar-refractivity contribution in [1.82, 2.24) is 19.8 Å². The van der Waals surface area contributed by atoms with E-state index in [1.807, 2.05) is 29.6 Å². The number of likely N-dealkylation sites (tertiary alicyclic amines) is 1. The first-order valence-electron chi connectivity index (χ1n) is 6.67. The molecule has 0 saturated carbocycles. The zero-order valence-corrected chi connectivity index (χ0v) is 11.2. The number of aryl methyl sites for hydroxylation is 1. The van der Waals surface area contributed by atoms with Crippen LogP contribution in [0.2, 0.25) is 0 Å². The Morgan fingerprint density at radius 3 is 2.83 bits per heavy atom. The molecule has 2 heterocycles. The van der Waals surface area contributed by atoms with E-state index in [9.17, 15) is 4.79 Å². The number of amides is 1. The summed E-state index contributed by atoms with van der Waals surface area (Å²) >= 11 is 0. The van der Waals surface area contributed by atoms with Crippen molar-refractivity contribution >= 4 is 5.91 Å². The molecule has 0 aliphatic carbocycles. The minimum Gasteiger partial charge on any atom is -0.341 e. The van der Waals surface area contributed by atoms with E-state index in [2.05, 4.69) is 10.3 Å². The molecule has 5 heteroatoms. The Hall–Kier alpha value is -1.36. The SMILES string of the molecule is CC(NCCc1nccn1C)C(=O)N1CCCC1. The molecule has 1 fully saturated rings. The molecule has 0 spiro atoms. The first-order chi connectivity index (χ1) is 8.68. The highest BCUT2D eigenvalue weighted by atomic mass is 16.2. The molecule has 1 aromatic heterocycles. The number of carbonyl (C=O) groups is 1. The average Bonchev–Trinajstić information content (AvgIpc) is 3.00. The van der Waals surface area contributed by atoms with E-state index in [0.717, 1.165) is 44.7 Å². The molecular weight excluding hydrogens is 228 g/mol. The number of nitrogens with one attached hydrogen (secondary N) is 1. The monoisotopic (exact) mass is 250 g/mol. The van der Waals surface area contributed by atoms with Gasteiger partial charge in [0.05, 0.1) is 6.04 Å². The van der Waals surface area contributed by atoms with Crippen LogP contribution in [0.4, 0.5) is 0 Å². The molecule has 100 valence electrons. The Morgan fingerprint density at radius 2 is 2.22 bits per heavy atom. The van der Waals surface area contributed by atoms with Crippen LogP contribution in [-0.2, 0) is 18.3 Å². The second-order valence-electron chi connectivity index (χ2n) is 4.91. The van der Waals surface area contributed by atoms with Crippen molar-refractivity contribution < 1.29 is 4.79 Å². The summed E-state index contributed by atoms with van der Waals surface area (Å²) in [5.74, 6) is 1.27. The fourth-order valence-corrected chi connectivity index (χ4v) is 2.34. The molecular formula is C13H22N4O. The number of nitrogens with zero attached hydrogens (tertiary/aromatic N) is 3. The molecule has 1 saturated heterocycles. The molecule has 1 atom stereocenters. The lowest BCUT2D eigenvalue weighted by Crippen LogP contribution is -2.44. The molecule has 5 nitrogen and oxygen atoms in total. The van der Waals surface area contributed by atoms with Crippen LogP contribution in [0.15, 0.2) is 12.4 Å². The Kier molecular flexibility index (Phi) is 4.36. The van der Waals surface area contributed by atoms with E-state index in [1.54, 1.807) is 6.20 Å². The van der Waals surface area contributed by atoms with Crippen LogP contribution in [0.3, 0.4) is 0 Å². The van der Waals surface area contributed by atoms with Gasteiger partial charge in [0.25, 0.3) is 0 Å². The smallest absolute Gasteiger partial charge is 0.239 e. The van der Waals surface area contributed by atoms with Gasteiger partial charge in [0.1, 0.15) is 5.82 Å². The summed E-state index contributed by atoms with van der Waals surface area (Å²) in [6.45, 7) is 4.57. The van der Waals surface area contributed by atoms with Gasteiger partial charge in [-0.2, -0.15) is 0 Å². The van der Waals surface area contributed by atoms with Crippen molar-refractivity contribution in [3.05, 3.63) is 18.2 Å². The molecule has 0 aromatic carbocycles. The molecule has 1 N–H and O–H groups in total. The van der Waals surface area contributed by atoms with Gasteiger partial charge in [-0.15, -0.1) is 0 Å². The average molecular weight is 250 g/mol. The Balaban J connectivity index is 1.72. The number of imidazole rings is 1. The summed E-state index contributed by atoms with van der Waals surface area (Å²) in [7, 11) is 1.99. The van der Waals surface area contributed by atoms with E-state index >= 15 is 0 Å². The van der Waals surface area contributed by atoms with E-state index in [4.69, 9.17) is 0 Å². The lowest BCUT2D eigenvalue weighted by atomic mass is 10.2. The molecule has 0 bridgehead atoms. The number of hydrogen-bond donors (Lipinski definition) is 1. The third-order valence-electron chi connectivity index (χ3n) is 3.51. The van der Waals surface area contributed by atoms with Crippen LogP contribution in [0.25, 0.3) is 0 Å². The summed E-state index contributed by atoms with van der Waals surface area (Å²) in [6, 6.07) is -0.0941. The standard InChI is InChI=1S/C13H22N4O/c1-11(13(18)17-8-3-4-9-17)14-6-5-12-15-7-10-16(12)2/h7,10-11,14H,3-6,8-9H2,1-2H3. The molecule has 1 amide bonds. The largest absolute Gasteiger partial charge is 0.341 e. The molecule has 2 rings (SSSR count). The summed E-state index contributed by atoms with van der Waals surface area (Å²) in [6.07, 6.45) is 6.88. The highest BCUT2D eigenvalue weighted by Crippen LogP contribution is 2.08. The van der Waals surface area contributed by atoms with Gasteiger partial charge in [-0.3, -0.25) is 4.79 Å². The Labute approximate surface area is 108 Å². The van der Waals surface area contributed by atoms with Crippen LogP contribution in [-0.4, -0.2) is 46.0 Å². The van der Waals surface area contributed by atoms with Crippen LogP contribution < -0.4 is 5.32 Å². The van der Waals surface area contributed by atoms with Gasteiger partial charge in [-0.05, 0) is 19.8 Å². The summed E-state index contributed by atoms with van der Waals surface area (Å²) in [5.41, 5.74) is 0. The van der Waals surface area contributed by atoms with Crippen LogP contribution >= 0.6 is 0 Å². The van der Waals surface area contributed by atoms with E-state index in [-0.39, 0.29) is 11.9 Å². The lowest BCUT2D eigenvalue weighted by molar-refractivity contribution is -0.131. The normalized spacial score (nSPS) is 17.1. The van der Waals surface area contributed by atoms with Gasteiger partial charge in [0.15, 0.2) is 0 Å². The molecule has 18 heavy (non-hydrogen) atoms. The maximum Gasteiger partial charge on any atom is 0.239 e. The molecule has 0 radical (unpaired) electrons. The van der Waals surface area contributed by atoms with Crippen LogP contribution in [0.5, 0.6) is 0 Å². The van der Waals surface area contributed by atoms with Gasteiger partial charge < -0.3 is 14.8 Å². The highest BCUT2D eigenvalue weighted by molar-refractivity contribution is 5.81. The third kappa shape index (κ3) is 3.10. The fraction of sp³-hybridized carbons (Fsp3) is 0.692. The topological polar surface area (TPSA) is 50.2 Å². The number of carbonyl (C=O) groups excluding carboxylic acids is 1. The van der Waals surface area contributed by atoms with Crippen molar-refractivity contribution in [1.29, 1.82) is 0 Å². The molecule has 1 aliphatic heterocycles. The van der Waals surface area contributed by atoms with Gasteiger partial charge in [0, 0.05) is 45.5 Å². The van der Waals surface area contributed by atoms with Crippen LogP contribution in [0, 0.1) is 0 Å². The highest BCUT2D eigenvalue weighted by Gasteiger charge is 2.22. The van der Waals surface area contributed by atoms with Crippen molar-refractivity contribution in [2.45, 2.75) is 32.2 Å². The lowest BCUT2D eigenvalue weighted by Gasteiger charge is -2.21. The fourth-order valence-electron chi connectivity index (χ4n) is 2.34. The first-order valence-corrected chi connectivity index (χ1v) is 6.67. The van der Waals surface area contributed by atoms with Gasteiger partial charge >= 0.3 is 0 Å². The predicted molar refractivity (Wildman–Crippen MR) is 70.2 cm³/mol. The zero-order chi connectivity index (χ0) is 13.0. The third-order valence-corrected chi connectivity index (χ3v) is 3.51. The Bertz CT molecular complexity index is 395. The molecule has 1 aliphatic rings. The van der Waals surface area contributed by atoms with E-state index < -0.39 is 0 Å². The van der Waals surface area contributed by atoms with Crippen molar-refractivity contribution in [2.75, 3.05) is 19.6 Å². The number of aromatic nitrogens is 2. The second-order valence-corrected chi connectivity index (χ2v) is 4.91. The second kappa shape index (κ2) is 6.00. The quantitative estimate of drug-likeness (QED) is 0.831. The van der Waals surface area contributed by atoms with Crippen molar-refractivity contribution in [2.24, 2.45) is 7.05 Å². The van der Waals surface area contributed by atoms with E-state index in [1.165, 1.54) is 0 Å². The van der Waals surface area contributed by atoms with Crippen LogP contribution in [0.1, 0.15) is 25.6 Å². The number of rotatable bonds is 5. The summed E-state index contributed by atoms with van der Waals surface area (Å²) < 4.78 is 2.01. The maximum atomic E-state index is 12.0. The molecule has 1 aromatic rings. The van der Waals surface area contributed by atoms with Gasteiger partial charge in [-0.1, -0.05) is 0 Å². The molecule has 1 unspecified atom stereocenters. The predicted octanol–water partition coefficient (Wildman–Crippen LogP) is 0.563. The number of hydrogen-bond acceptors (Lipinski definition) is 3. The van der Waals surface area contributed by atoms with Crippen molar-refractivity contribution in [3.8, 4) is 0 Å². The summed E-state index contributed by atoms with van der Waals surface area (Å²) in [4.78, 5) is 18.3. The van der Waals surface area contributed by atoms with Crippen molar-refractivity contribution in [3.63, 3.8) is 0 Å². The summed E-state index contributed by atoms with van der Waals surface area (Å²) in [5, 5.41) is 3.28. The van der Waals surface area contributed by atoms with Gasteiger partial charge in [0.2, 0.25) is 5.91 Å².